The molecule has 1 aliphatic heterocycles. The van der Waals surface area contributed by atoms with E-state index in [4.69, 9.17) is 21.3 Å². The first-order valence-corrected chi connectivity index (χ1v) is 8.28. The van der Waals surface area contributed by atoms with Crippen molar-refractivity contribution < 1.29 is 4.74 Å². The number of hydrogen-bond acceptors (Lipinski definition) is 2. The molecule has 0 spiro atoms. The Kier molecular flexibility index (Phi) is 5.19. The van der Waals surface area contributed by atoms with Crippen LogP contribution in [0.25, 0.3) is 0 Å². The van der Waals surface area contributed by atoms with Crippen molar-refractivity contribution in [3.8, 4) is 5.75 Å². The van der Waals surface area contributed by atoms with Gasteiger partial charge in [0.15, 0.2) is 0 Å². The van der Waals surface area contributed by atoms with Gasteiger partial charge in [-0.3, -0.25) is 4.99 Å². The lowest BCUT2D eigenvalue weighted by Gasteiger charge is -2.13. The summed E-state index contributed by atoms with van der Waals surface area (Å²) in [5, 5.41) is 0.847. The topological polar surface area (TPSA) is 24.8 Å². The number of benzene rings is 2. The van der Waals surface area contributed by atoms with E-state index in [0.29, 0.717) is 19.1 Å². The van der Waals surface area contributed by atoms with E-state index in [2.05, 4.69) is 18.0 Å². The molecule has 3 rings (SSSR count). The molecule has 3 nitrogen and oxygen atoms in total. The molecule has 23 heavy (non-hydrogen) atoms. The number of nitrogens with zero attached hydrogens (tertiary/aromatic N) is 2. The van der Waals surface area contributed by atoms with Crippen molar-refractivity contribution in [3.05, 3.63) is 65.2 Å². The quantitative estimate of drug-likeness (QED) is 0.767. The number of likely N-dealkylation sites (tertiary alicyclic amines) is 1. The number of aliphatic imine (C=N–C) groups is 1. The van der Waals surface area contributed by atoms with E-state index in [1.54, 1.807) is 0 Å². The maximum Gasteiger partial charge on any atom is 0.119 e. The summed E-state index contributed by atoms with van der Waals surface area (Å²) in [5.74, 6) is 2.44. The van der Waals surface area contributed by atoms with Crippen LogP contribution in [0.15, 0.2) is 59.6 Å². The second-order valence-corrected chi connectivity index (χ2v) is 6.17. The number of halogens is 1. The molecule has 1 aliphatic rings. The molecule has 1 atom stereocenters. The van der Waals surface area contributed by atoms with Gasteiger partial charge in [0.1, 0.15) is 12.4 Å². The number of ether oxygens (including phenoxy) is 1. The second-order valence-electron chi connectivity index (χ2n) is 5.76. The molecule has 4 heteroatoms. The summed E-state index contributed by atoms with van der Waals surface area (Å²) < 4.78 is 5.68. The van der Waals surface area contributed by atoms with E-state index >= 15 is 0 Å². The van der Waals surface area contributed by atoms with Gasteiger partial charge in [0, 0.05) is 31.0 Å². The number of likely N-dealkylation sites (N-methyl/N-ethyl adjacent to an activating group) is 1. The lowest BCUT2D eigenvalue weighted by Crippen LogP contribution is -2.20. The first-order chi connectivity index (χ1) is 11.2. The minimum atomic E-state index is 0.419. The van der Waals surface area contributed by atoms with Gasteiger partial charge in [-0.15, -0.1) is 0 Å². The Hall–Kier alpha value is -2.00. The van der Waals surface area contributed by atoms with Crippen LogP contribution in [-0.4, -0.2) is 37.5 Å². The zero-order valence-corrected chi connectivity index (χ0v) is 14.0. The molecule has 120 valence electrons. The van der Waals surface area contributed by atoms with Gasteiger partial charge in [0.2, 0.25) is 0 Å². The lowest BCUT2D eigenvalue weighted by atomic mass is 9.98. The van der Waals surface area contributed by atoms with Gasteiger partial charge in [0.05, 0.1) is 12.4 Å². The minimum absolute atomic E-state index is 0.419. The highest BCUT2D eigenvalue weighted by atomic mass is 35.5. The van der Waals surface area contributed by atoms with Crippen LogP contribution in [0.5, 0.6) is 5.75 Å². The SMILES string of the molecule is CN1CC(c2ccccc2Cl)CC1=NCCOc1ccccc1. The van der Waals surface area contributed by atoms with Crippen molar-refractivity contribution in [2.75, 3.05) is 26.7 Å². The van der Waals surface area contributed by atoms with Crippen molar-refractivity contribution in [3.63, 3.8) is 0 Å². The summed E-state index contributed by atoms with van der Waals surface area (Å²) >= 11 is 6.32. The minimum Gasteiger partial charge on any atom is -0.492 e. The van der Waals surface area contributed by atoms with Gasteiger partial charge in [0.25, 0.3) is 0 Å². The summed E-state index contributed by atoms with van der Waals surface area (Å²) in [6.07, 6.45) is 0.936. The van der Waals surface area contributed by atoms with Crippen molar-refractivity contribution in [1.29, 1.82) is 0 Å². The Bertz CT molecular complexity index is 672. The van der Waals surface area contributed by atoms with Gasteiger partial charge < -0.3 is 9.64 Å². The molecule has 0 bridgehead atoms. The highest BCUT2D eigenvalue weighted by Gasteiger charge is 2.27. The number of amidine groups is 1. The second kappa shape index (κ2) is 7.51. The van der Waals surface area contributed by atoms with E-state index in [0.717, 1.165) is 29.6 Å². The maximum absolute atomic E-state index is 6.32. The van der Waals surface area contributed by atoms with Crippen LogP contribution in [0.3, 0.4) is 0 Å². The lowest BCUT2D eigenvalue weighted by molar-refractivity contribution is 0.328. The van der Waals surface area contributed by atoms with E-state index in [1.807, 2.05) is 48.5 Å². The van der Waals surface area contributed by atoms with Crippen LogP contribution in [0.2, 0.25) is 5.02 Å². The van der Waals surface area contributed by atoms with Crippen LogP contribution >= 0.6 is 11.6 Å². The summed E-state index contributed by atoms with van der Waals surface area (Å²) in [6, 6.07) is 17.9. The molecule has 2 aromatic rings. The molecular formula is C19H21ClN2O. The Morgan fingerprint density at radius 1 is 1.13 bits per heavy atom. The van der Waals surface area contributed by atoms with Crippen molar-refractivity contribution in [2.24, 2.45) is 4.99 Å². The molecule has 1 unspecified atom stereocenters. The van der Waals surface area contributed by atoms with E-state index in [-0.39, 0.29) is 0 Å². The fourth-order valence-corrected chi connectivity index (χ4v) is 3.22. The normalized spacial score (nSPS) is 19.3. The number of rotatable bonds is 5. The van der Waals surface area contributed by atoms with Gasteiger partial charge >= 0.3 is 0 Å². The smallest absolute Gasteiger partial charge is 0.119 e. The van der Waals surface area contributed by atoms with Crippen LogP contribution in [-0.2, 0) is 0 Å². The standard InChI is InChI=1S/C19H21ClN2O/c1-22-14-15(17-9-5-6-10-18(17)20)13-19(22)21-11-12-23-16-7-3-2-4-8-16/h2-10,15H,11-14H2,1H3. The third-order valence-electron chi connectivity index (χ3n) is 4.11. The first kappa shape index (κ1) is 15.9. The summed E-state index contributed by atoms with van der Waals surface area (Å²) in [7, 11) is 2.09. The number of para-hydroxylation sites is 1. The molecule has 1 saturated heterocycles. The third-order valence-corrected chi connectivity index (χ3v) is 4.45. The molecule has 0 aliphatic carbocycles. The third kappa shape index (κ3) is 4.05. The van der Waals surface area contributed by atoms with E-state index in [9.17, 15) is 0 Å². The Morgan fingerprint density at radius 2 is 1.87 bits per heavy atom. The zero-order valence-electron chi connectivity index (χ0n) is 13.3. The average Bonchev–Trinajstić information content (AvgIpc) is 2.94. The van der Waals surface area contributed by atoms with Crippen LogP contribution in [0, 0.1) is 0 Å². The molecule has 1 heterocycles. The van der Waals surface area contributed by atoms with Crippen molar-refractivity contribution in [1.82, 2.24) is 4.90 Å². The Morgan fingerprint density at radius 3 is 2.65 bits per heavy atom. The van der Waals surface area contributed by atoms with E-state index < -0.39 is 0 Å². The fourth-order valence-electron chi connectivity index (χ4n) is 2.93. The molecular weight excluding hydrogens is 308 g/mol. The zero-order chi connectivity index (χ0) is 16.1. The molecule has 0 N–H and O–H groups in total. The summed E-state index contributed by atoms with van der Waals surface area (Å²) in [6.45, 7) is 2.23. The molecule has 2 aromatic carbocycles. The average molecular weight is 329 g/mol. The molecule has 0 aromatic heterocycles. The van der Waals surface area contributed by atoms with Crippen LogP contribution in [0.1, 0.15) is 17.9 Å². The molecule has 1 fully saturated rings. The van der Waals surface area contributed by atoms with Gasteiger partial charge in [-0.1, -0.05) is 48.0 Å². The van der Waals surface area contributed by atoms with Gasteiger partial charge in [-0.25, -0.2) is 0 Å². The monoisotopic (exact) mass is 328 g/mol. The Labute approximate surface area is 142 Å². The maximum atomic E-state index is 6.32. The van der Waals surface area contributed by atoms with Gasteiger partial charge in [-0.05, 0) is 23.8 Å². The predicted octanol–water partition coefficient (Wildman–Crippen LogP) is 4.24. The summed E-state index contributed by atoms with van der Waals surface area (Å²) in [5.41, 5.74) is 1.21. The fraction of sp³-hybridized carbons (Fsp3) is 0.316. The molecule has 0 amide bonds. The van der Waals surface area contributed by atoms with Crippen LogP contribution < -0.4 is 4.74 Å². The number of hydrogen-bond donors (Lipinski definition) is 0. The summed E-state index contributed by atoms with van der Waals surface area (Å²) in [4.78, 5) is 6.92. The van der Waals surface area contributed by atoms with Crippen molar-refractivity contribution in [2.45, 2.75) is 12.3 Å². The van der Waals surface area contributed by atoms with Crippen molar-refractivity contribution >= 4 is 17.4 Å². The predicted molar refractivity (Wildman–Crippen MR) is 95.7 cm³/mol. The highest BCUT2D eigenvalue weighted by molar-refractivity contribution is 6.31. The highest BCUT2D eigenvalue weighted by Crippen LogP contribution is 2.32. The van der Waals surface area contributed by atoms with E-state index in [1.165, 1.54) is 5.56 Å². The molecule has 0 radical (unpaired) electrons. The molecule has 0 saturated carbocycles. The Balaban J connectivity index is 1.55. The van der Waals surface area contributed by atoms with Gasteiger partial charge in [-0.2, -0.15) is 0 Å². The largest absolute Gasteiger partial charge is 0.492 e. The first-order valence-electron chi connectivity index (χ1n) is 7.91. The van der Waals surface area contributed by atoms with Crippen LogP contribution in [0.4, 0.5) is 0 Å².